The largest absolute Gasteiger partial charge is 0.434 e. The number of thiazole rings is 1. The average molecular weight is 435 g/mol. The van der Waals surface area contributed by atoms with Gasteiger partial charge in [0, 0.05) is 25.5 Å². The zero-order valence-corrected chi connectivity index (χ0v) is 16.8. The molecule has 0 saturated carbocycles. The van der Waals surface area contributed by atoms with Crippen LogP contribution in [-0.4, -0.2) is 39.5 Å². The molecule has 2 aromatic rings. The normalized spacial score (nSPS) is 12.8. The van der Waals surface area contributed by atoms with Crippen LogP contribution >= 0.6 is 11.3 Å². The predicted molar refractivity (Wildman–Crippen MR) is 102 cm³/mol. The molecule has 3 N–H and O–H groups in total. The molecule has 0 aliphatic rings. The smallest absolute Gasteiger partial charge is 0.355 e. The van der Waals surface area contributed by atoms with Gasteiger partial charge in [0.15, 0.2) is 11.7 Å². The van der Waals surface area contributed by atoms with E-state index in [0.29, 0.717) is 5.96 Å². The summed E-state index contributed by atoms with van der Waals surface area (Å²) in [6.07, 6.45) is -4.47. The highest BCUT2D eigenvalue weighted by atomic mass is 32.2. The molecule has 0 aliphatic heterocycles. The van der Waals surface area contributed by atoms with Crippen molar-refractivity contribution >= 4 is 27.3 Å². The third-order valence-corrected chi connectivity index (χ3v) is 5.84. The van der Waals surface area contributed by atoms with E-state index in [1.54, 1.807) is 12.1 Å². The Labute approximate surface area is 165 Å². The second-order valence-corrected chi connectivity index (χ2v) is 8.40. The van der Waals surface area contributed by atoms with Crippen molar-refractivity contribution in [2.45, 2.75) is 24.5 Å². The fourth-order valence-corrected chi connectivity index (χ4v) is 3.84. The van der Waals surface area contributed by atoms with Gasteiger partial charge < -0.3 is 10.6 Å². The number of rotatable bonds is 7. The quantitative estimate of drug-likeness (QED) is 0.352. The molecule has 0 aliphatic carbocycles. The number of nitrogens with one attached hydrogen (secondary N) is 3. The van der Waals surface area contributed by atoms with Crippen molar-refractivity contribution in [3.8, 4) is 0 Å². The topological polar surface area (TPSA) is 95.5 Å². The van der Waals surface area contributed by atoms with Crippen molar-refractivity contribution in [3.05, 3.63) is 45.9 Å². The lowest BCUT2D eigenvalue weighted by Crippen LogP contribution is -2.41. The number of alkyl halides is 3. The number of hydrogen-bond acceptors (Lipinski definition) is 5. The Morgan fingerprint density at radius 1 is 1.18 bits per heavy atom. The summed E-state index contributed by atoms with van der Waals surface area (Å²) in [6.45, 7) is 2.26. The van der Waals surface area contributed by atoms with E-state index in [1.165, 1.54) is 19.2 Å². The van der Waals surface area contributed by atoms with Crippen LogP contribution in [0.1, 0.15) is 16.3 Å². The second-order valence-electron chi connectivity index (χ2n) is 5.69. The molecule has 0 radical (unpaired) electrons. The molecule has 0 bridgehead atoms. The molecular formula is C16H20F3N5O2S2. The highest BCUT2D eigenvalue weighted by Gasteiger charge is 2.33. The van der Waals surface area contributed by atoms with E-state index in [2.05, 4.69) is 25.3 Å². The summed E-state index contributed by atoms with van der Waals surface area (Å²) in [7, 11) is -2.12. The molecule has 7 nitrogen and oxygen atoms in total. The number of nitrogens with zero attached hydrogens (tertiary/aromatic N) is 2. The van der Waals surface area contributed by atoms with Gasteiger partial charge in [-0.25, -0.2) is 18.1 Å². The van der Waals surface area contributed by atoms with Crippen molar-refractivity contribution in [2.24, 2.45) is 4.99 Å². The monoisotopic (exact) mass is 435 g/mol. The van der Waals surface area contributed by atoms with Crippen LogP contribution < -0.4 is 15.4 Å². The van der Waals surface area contributed by atoms with E-state index in [9.17, 15) is 21.6 Å². The van der Waals surface area contributed by atoms with Crippen molar-refractivity contribution in [1.29, 1.82) is 0 Å². The summed E-state index contributed by atoms with van der Waals surface area (Å²) in [4.78, 5) is 7.62. The Morgan fingerprint density at radius 3 is 2.43 bits per heavy atom. The lowest BCUT2D eigenvalue weighted by atomic mass is 10.2. The summed E-state index contributed by atoms with van der Waals surface area (Å²) in [5.74, 6) is 0.318. The Hall–Kier alpha value is -2.18. The maximum absolute atomic E-state index is 12.5. The lowest BCUT2D eigenvalue weighted by Gasteiger charge is -2.12. The molecule has 2 rings (SSSR count). The van der Waals surface area contributed by atoms with Crippen molar-refractivity contribution in [1.82, 2.24) is 20.3 Å². The average Bonchev–Trinajstić information content (AvgIpc) is 3.11. The Morgan fingerprint density at radius 2 is 1.86 bits per heavy atom. The summed E-state index contributed by atoms with van der Waals surface area (Å²) in [5.41, 5.74) is 0.0285. The summed E-state index contributed by atoms with van der Waals surface area (Å²) >= 11 is 0.891. The van der Waals surface area contributed by atoms with Gasteiger partial charge in [-0.3, -0.25) is 4.99 Å². The number of aromatic nitrogens is 1. The summed E-state index contributed by atoms with van der Waals surface area (Å²) < 4.78 is 64.4. The molecule has 28 heavy (non-hydrogen) atoms. The predicted octanol–water partition coefficient (Wildman–Crippen LogP) is 2.11. The standard InChI is InChI=1S/C16H20F3N5O2S2/c1-11-3-5-12(6-4-11)28(25,26)23-8-7-21-15(20-2)22-9-14-24-13(10-27-14)16(17,18)19/h3-6,10,23H,7-9H2,1-2H3,(H2,20,21,22). The maximum atomic E-state index is 12.5. The van der Waals surface area contributed by atoms with Gasteiger partial charge >= 0.3 is 6.18 Å². The molecule has 154 valence electrons. The Balaban J connectivity index is 1.78. The molecule has 0 spiro atoms. The molecule has 0 atom stereocenters. The second kappa shape index (κ2) is 9.34. The number of hydrogen-bond donors (Lipinski definition) is 3. The van der Waals surface area contributed by atoms with E-state index in [1.807, 2.05) is 6.92 Å². The minimum Gasteiger partial charge on any atom is -0.355 e. The molecule has 0 amide bonds. The van der Waals surface area contributed by atoms with E-state index in [0.717, 1.165) is 22.3 Å². The highest BCUT2D eigenvalue weighted by molar-refractivity contribution is 7.89. The zero-order valence-electron chi connectivity index (χ0n) is 15.2. The fraction of sp³-hybridized carbons (Fsp3) is 0.375. The first kappa shape index (κ1) is 22.1. The number of halogens is 3. The first-order chi connectivity index (χ1) is 13.1. The van der Waals surface area contributed by atoms with Gasteiger partial charge in [-0.1, -0.05) is 17.7 Å². The fourth-order valence-electron chi connectivity index (χ4n) is 2.07. The van der Waals surface area contributed by atoms with Crippen LogP contribution in [0, 0.1) is 6.92 Å². The van der Waals surface area contributed by atoms with Crippen LogP contribution in [0.25, 0.3) is 0 Å². The summed E-state index contributed by atoms with van der Waals surface area (Å²) in [6, 6.07) is 6.46. The zero-order chi connectivity index (χ0) is 20.8. The first-order valence-corrected chi connectivity index (χ1v) is 10.5. The van der Waals surface area contributed by atoms with Gasteiger partial charge in [0.25, 0.3) is 0 Å². The van der Waals surface area contributed by atoms with Gasteiger partial charge in [-0.15, -0.1) is 11.3 Å². The molecule has 0 fully saturated rings. The number of aliphatic imine (C=N–C) groups is 1. The maximum Gasteiger partial charge on any atom is 0.434 e. The van der Waals surface area contributed by atoms with Gasteiger partial charge in [-0.2, -0.15) is 13.2 Å². The number of guanidine groups is 1. The number of benzene rings is 1. The number of aryl methyl sites for hydroxylation is 1. The van der Waals surface area contributed by atoms with E-state index in [4.69, 9.17) is 0 Å². The van der Waals surface area contributed by atoms with Crippen LogP contribution in [0.2, 0.25) is 0 Å². The van der Waals surface area contributed by atoms with Crippen LogP contribution in [0.15, 0.2) is 39.5 Å². The van der Waals surface area contributed by atoms with Crippen molar-refractivity contribution < 1.29 is 21.6 Å². The summed E-state index contributed by atoms with van der Waals surface area (Å²) in [5, 5.41) is 6.92. The SMILES string of the molecule is CN=C(NCCNS(=O)(=O)c1ccc(C)cc1)NCc1nc(C(F)(F)F)cs1. The number of sulfonamides is 1. The third kappa shape index (κ3) is 6.46. The molecule has 1 heterocycles. The van der Waals surface area contributed by atoms with E-state index < -0.39 is 21.9 Å². The Bertz CT molecular complexity index is 909. The highest BCUT2D eigenvalue weighted by Crippen LogP contribution is 2.29. The molecule has 0 unspecified atom stereocenters. The van der Waals surface area contributed by atoms with Crippen LogP contribution in [0.4, 0.5) is 13.2 Å². The van der Waals surface area contributed by atoms with Crippen LogP contribution in [0.5, 0.6) is 0 Å². The van der Waals surface area contributed by atoms with Crippen LogP contribution in [0.3, 0.4) is 0 Å². The van der Waals surface area contributed by atoms with Gasteiger partial charge in [0.1, 0.15) is 5.01 Å². The van der Waals surface area contributed by atoms with Crippen molar-refractivity contribution in [2.75, 3.05) is 20.1 Å². The molecular weight excluding hydrogens is 415 g/mol. The molecule has 1 aromatic carbocycles. The van der Waals surface area contributed by atoms with Crippen molar-refractivity contribution in [3.63, 3.8) is 0 Å². The minimum absolute atomic E-state index is 0.0650. The molecule has 0 saturated heterocycles. The Kier molecular flexibility index (Phi) is 7.38. The minimum atomic E-state index is -4.47. The van der Waals surface area contributed by atoms with Gasteiger partial charge in [0.05, 0.1) is 11.4 Å². The van der Waals surface area contributed by atoms with Gasteiger partial charge in [0.2, 0.25) is 10.0 Å². The molecule has 1 aromatic heterocycles. The first-order valence-electron chi connectivity index (χ1n) is 8.14. The lowest BCUT2D eigenvalue weighted by molar-refractivity contribution is -0.140. The van der Waals surface area contributed by atoms with Crippen LogP contribution in [-0.2, 0) is 22.7 Å². The van der Waals surface area contributed by atoms with Gasteiger partial charge in [-0.05, 0) is 19.1 Å². The van der Waals surface area contributed by atoms with E-state index in [-0.39, 0.29) is 29.5 Å². The molecule has 12 heteroatoms. The third-order valence-electron chi connectivity index (χ3n) is 3.51. The van der Waals surface area contributed by atoms with E-state index >= 15 is 0 Å².